The van der Waals surface area contributed by atoms with Gasteiger partial charge in [-0.25, -0.2) is 17.8 Å². The monoisotopic (exact) mass is 371 g/mol. The molecule has 1 aromatic heterocycles. The van der Waals surface area contributed by atoms with Crippen LogP contribution in [0.2, 0.25) is 5.02 Å². The van der Waals surface area contributed by atoms with Crippen LogP contribution < -0.4 is 15.8 Å². The number of nitrogen functional groups attached to an aromatic ring is 1. The van der Waals surface area contributed by atoms with E-state index in [1.165, 1.54) is 28.9 Å². The molecular weight excluding hydrogens is 354 g/mol. The second kappa shape index (κ2) is 7.65. The lowest BCUT2D eigenvalue weighted by molar-refractivity contribution is -0.121. The van der Waals surface area contributed by atoms with Crippen molar-refractivity contribution in [1.29, 1.82) is 0 Å². The minimum absolute atomic E-state index is 0.0242. The highest BCUT2D eigenvalue weighted by molar-refractivity contribution is 7.89. The first-order valence-corrected chi connectivity index (χ1v) is 8.96. The number of aromatic nitrogens is 2. The van der Waals surface area contributed by atoms with Gasteiger partial charge in [-0.05, 0) is 31.2 Å². The van der Waals surface area contributed by atoms with Gasteiger partial charge >= 0.3 is 0 Å². The van der Waals surface area contributed by atoms with Crippen LogP contribution in [-0.2, 0) is 21.4 Å². The smallest absolute Gasteiger partial charge is 0.241 e. The van der Waals surface area contributed by atoms with E-state index < -0.39 is 10.0 Å². The number of sulfonamides is 1. The molecule has 24 heavy (non-hydrogen) atoms. The third kappa shape index (κ3) is 4.95. The van der Waals surface area contributed by atoms with Crippen LogP contribution in [-0.4, -0.2) is 37.2 Å². The summed E-state index contributed by atoms with van der Waals surface area (Å²) in [6.07, 6.45) is 0. The van der Waals surface area contributed by atoms with E-state index in [-0.39, 0.29) is 30.4 Å². The summed E-state index contributed by atoms with van der Waals surface area (Å²) in [5.41, 5.74) is 6.41. The highest BCUT2D eigenvalue weighted by atomic mass is 35.5. The summed E-state index contributed by atoms with van der Waals surface area (Å²) in [5, 5.41) is 7.12. The first kappa shape index (κ1) is 18.2. The summed E-state index contributed by atoms with van der Waals surface area (Å²) in [4.78, 5) is 11.9. The molecule has 1 aromatic carbocycles. The van der Waals surface area contributed by atoms with Crippen molar-refractivity contribution in [1.82, 2.24) is 19.8 Å². The average molecular weight is 372 g/mol. The Morgan fingerprint density at radius 3 is 2.54 bits per heavy atom. The number of anilines is 1. The van der Waals surface area contributed by atoms with E-state index >= 15 is 0 Å². The number of amides is 1. The molecular formula is C14H18ClN5O3S. The van der Waals surface area contributed by atoms with E-state index in [0.717, 1.165) is 5.69 Å². The maximum Gasteiger partial charge on any atom is 0.241 e. The first-order valence-electron chi connectivity index (χ1n) is 7.10. The number of halogens is 1. The Kier molecular flexibility index (Phi) is 5.81. The molecule has 10 heteroatoms. The summed E-state index contributed by atoms with van der Waals surface area (Å²) >= 11 is 5.72. The van der Waals surface area contributed by atoms with E-state index in [2.05, 4.69) is 15.1 Å². The topological polar surface area (TPSA) is 119 Å². The number of nitrogens with zero attached hydrogens (tertiary/aromatic N) is 2. The molecule has 2 rings (SSSR count). The van der Waals surface area contributed by atoms with Crippen LogP contribution in [0.3, 0.4) is 0 Å². The lowest BCUT2D eigenvalue weighted by Crippen LogP contribution is -2.36. The van der Waals surface area contributed by atoms with Crippen LogP contribution in [0.25, 0.3) is 0 Å². The number of hydrogen-bond acceptors (Lipinski definition) is 5. The van der Waals surface area contributed by atoms with Crippen molar-refractivity contribution in [2.45, 2.75) is 18.4 Å². The molecule has 1 heterocycles. The Balaban J connectivity index is 1.78. The summed E-state index contributed by atoms with van der Waals surface area (Å²) < 4.78 is 27.8. The van der Waals surface area contributed by atoms with Gasteiger partial charge < -0.3 is 11.1 Å². The van der Waals surface area contributed by atoms with Gasteiger partial charge in [0.1, 0.15) is 12.4 Å². The SMILES string of the molecule is Cc1cc(N)n(CC(=O)NCCNS(=O)(=O)c2ccc(Cl)cc2)n1. The van der Waals surface area contributed by atoms with Gasteiger partial charge in [0.05, 0.1) is 10.6 Å². The van der Waals surface area contributed by atoms with Crippen LogP contribution in [0, 0.1) is 6.92 Å². The Morgan fingerprint density at radius 2 is 1.96 bits per heavy atom. The lowest BCUT2D eigenvalue weighted by atomic mass is 10.4. The summed E-state index contributed by atoms with van der Waals surface area (Å²) in [6.45, 7) is 1.95. The van der Waals surface area contributed by atoms with Gasteiger partial charge in [0, 0.05) is 24.2 Å². The average Bonchev–Trinajstić information content (AvgIpc) is 2.82. The quantitative estimate of drug-likeness (QED) is 0.613. The second-order valence-electron chi connectivity index (χ2n) is 5.07. The summed E-state index contributed by atoms with van der Waals surface area (Å²) in [6, 6.07) is 7.47. The van der Waals surface area contributed by atoms with E-state index in [1.807, 2.05) is 0 Å². The van der Waals surface area contributed by atoms with Gasteiger partial charge in [-0.2, -0.15) is 5.10 Å². The number of benzene rings is 1. The van der Waals surface area contributed by atoms with Gasteiger partial charge in [0.25, 0.3) is 0 Å². The molecule has 130 valence electrons. The zero-order chi connectivity index (χ0) is 17.7. The molecule has 0 aliphatic rings. The molecule has 0 spiro atoms. The number of carbonyl (C=O) groups excluding carboxylic acids is 1. The molecule has 0 atom stereocenters. The standard InChI is InChI=1S/C14H18ClN5O3S/c1-10-8-13(16)20(19-10)9-14(21)17-6-7-18-24(22,23)12-4-2-11(15)3-5-12/h2-5,8,18H,6-7,9,16H2,1H3,(H,17,21). The van der Waals surface area contributed by atoms with Crippen LogP contribution in [0.5, 0.6) is 0 Å². The van der Waals surface area contributed by atoms with Crippen LogP contribution >= 0.6 is 11.6 Å². The molecule has 0 fully saturated rings. The van der Waals surface area contributed by atoms with Crippen molar-refractivity contribution in [3.63, 3.8) is 0 Å². The number of aryl methyl sites for hydroxylation is 1. The molecule has 0 aliphatic carbocycles. The predicted octanol–water partition coefficient (Wildman–Crippen LogP) is 0.522. The zero-order valence-corrected chi connectivity index (χ0v) is 14.6. The Labute approximate surface area is 145 Å². The number of nitrogens with two attached hydrogens (primary N) is 1. The van der Waals surface area contributed by atoms with Crippen molar-refractivity contribution < 1.29 is 13.2 Å². The van der Waals surface area contributed by atoms with Crippen molar-refractivity contribution in [2.24, 2.45) is 0 Å². The number of rotatable bonds is 7. The minimum atomic E-state index is -3.63. The third-order valence-corrected chi connectivity index (χ3v) is 4.82. The zero-order valence-electron chi connectivity index (χ0n) is 13.0. The molecule has 0 radical (unpaired) electrons. The minimum Gasteiger partial charge on any atom is -0.384 e. The maximum atomic E-state index is 12.0. The highest BCUT2D eigenvalue weighted by Crippen LogP contribution is 2.13. The molecule has 0 aliphatic heterocycles. The molecule has 1 amide bonds. The molecule has 2 aromatic rings. The molecule has 4 N–H and O–H groups in total. The third-order valence-electron chi connectivity index (χ3n) is 3.09. The fourth-order valence-corrected chi connectivity index (χ4v) is 3.13. The van der Waals surface area contributed by atoms with E-state index in [4.69, 9.17) is 17.3 Å². The Hall–Kier alpha value is -2.10. The van der Waals surface area contributed by atoms with Crippen LogP contribution in [0.15, 0.2) is 35.2 Å². The maximum absolute atomic E-state index is 12.0. The van der Waals surface area contributed by atoms with Gasteiger partial charge in [-0.15, -0.1) is 0 Å². The number of hydrogen-bond donors (Lipinski definition) is 3. The fraction of sp³-hybridized carbons (Fsp3) is 0.286. The van der Waals surface area contributed by atoms with Gasteiger partial charge in [0.15, 0.2) is 0 Å². The normalized spacial score (nSPS) is 11.4. The molecule has 0 bridgehead atoms. The Morgan fingerprint density at radius 1 is 1.29 bits per heavy atom. The Bertz CT molecular complexity index is 817. The fourth-order valence-electron chi connectivity index (χ4n) is 1.97. The van der Waals surface area contributed by atoms with E-state index in [9.17, 15) is 13.2 Å². The summed E-state index contributed by atoms with van der Waals surface area (Å²) in [7, 11) is -3.63. The van der Waals surface area contributed by atoms with Gasteiger partial charge in [-0.3, -0.25) is 4.79 Å². The largest absolute Gasteiger partial charge is 0.384 e. The molecule has 0 saturated carbocycles. The number of carbonyl (C=O) groups is 1. The van der Waals surface area contributed by atoms with Crippen LogP contribution in [0.4, 0.5) is 5.82 Å². The van der Waals surface area contributed by atoms with Gasteiger partial charge in [0.2, 0.25) is 15.9 Å². The number of nitrogens with one attached hydrogen (secondary N) is 2. The molecule has 8 nitrogen and oxygen atoms in total. The first-order chi connectivity index (χ1) is 11.3. The summed E-state index contributed by atoms with van der Waals surface area (Å²) in [5.74, 6) is 0.0848. The second-order valence-corrected chi connectivity index (χ2v) is 7.27. The van der Waals surface area contributed by atoms with Crippen molar-refractivity contribution in [2.75, 3.05) is 18.8 Å². The van der Waals surface area contributed by atoms with Crippen LogP contribution in [0.1, 0.15) is 5.69 Å². The highest BCUT2D eigenvalue weighted by Gasteiger charge is 2.13. The van der Waals surface area contributed by atoms with E-state index in [1.54, 1.807) is 13.0 Å². The van der Waals surface area contributed by atoms with Crippen molar-refractivity contribution in [3.05, 3.63) is 41.0 Å². The van der Waals surface area contributed by atoms with Gasteiger partial charge in [-0.1, -0.05) is 11.6 Å². The predicted molar refractivity (Wildman–Crippen MR) is 91.0 cm³/mol. The lowest BCUT2D eigenvalue weighted by Gasteiger charge is -2.09. The van der Waals surface area contributed by atoms with Crippen molar-refractivity contribution >= 4 is 33.3 Å². The molecule has 0 unspecified atom stereocenters. The van der Waals surface area contributed by atoms with Crippen molar-refractivity contribution in [3.8, 4) is 0 Å². The molecule has 0 saturated heterocycles. The van der Waals surface area contributed by atoms with E-state index in [0.29, 0.717) is 10.8 Å².